The highest BCUT2D eigenvalue weighted by Gasteiger charge is 2.11. The summed E-state index contributed by atoms with van der Waals surface area (Å²) in [5.41, 5.74) is 5.51. The normalized spacial score (nSPS) is 13.8. The van der Waals surface area contributed by atoms with Gasteiger partial charge in [0.05, 0.1) is 17.8 Å². The van der Waals surface area contributed by atoms with E-state index in [1.807, 2.05) is 36.4 Å². The van der Waals surface area contributed by atoms with Gasteiger partial charge in [0, 0.05) is 23.6 Å². The molecular formula is C26H26ClN3. The zero-order valence-corrected chi connectivity index (χ0v) is 17.9. The Bertz CT molecular complexity index is 993. The first kappa shape index (κ1) is 20.6. The van der Waals surface area contributed by atoms with Crippen molar-refractivity contribution in [1.29, 1.82) is 0 Å². The molecule has 30 heavy (non-hydrogen) atoms. The standard InChI is InChI=1S/C26H26ClN3/c27-24-14-12-23(13-15-24)26-17-16-25(28-29-26)7-3-1-2-6-21-8-10-22(11-9-21)20-30-18-4-5-19-30/h8-17H,2,4-7,18-20H2. The quantitative estimate of drug-likeness (QED) is 0.492. The number of nitrogens with zero attached hydrogens (tertiary/aromatic N) is 3. The average Bonchev–Trinajstić information content (AvgIpc) is 3.29. The van der Waals surface area contributed by atoms with Crippen molar-refractivity contribution >= 4 is 11.6 Å². The molecule has 2 heterocycles. The third kappa shape index (κ3) is 5.92. The van der Waals surface area contributed by atoms with Crippen molar-refractivity contribution < 1.29 is 0 Å². The monoisotopic (exact) mass is 415 g/mol. The van der Waals surface area contributed by atoms with Crippen LogP contribution in [0, 0.1) is 11.8 Å². The predicted molar refractivity (Wildman–Crippen MR) is 123 cm³/mol. The van der Waals surface area contributed by atoms with Gasteiger partial charge >= 0.3 is 0 Å². The molecule has 1 saturated heterocycles. The van der Waals surface area contributed by atoms with E-state index in [9.17, 15) is 0 Å². The fourth-order valence-electron chi connectivity index (χ4n) is 3.69. The van der Waals surface area contributed by atoms with Crippen LogP contribution in [0.3, 0.4) is 0 Å². The fraction of sp³-hybridized carbons (Fsp3) is 0.308. The van der Waals surface area contributed by atoms with Gasteiger partial charge < -0.3 is 0 Å². The smallest absolute Gasteiger partial charge is 0.0929 e. The van der Waals surface area contributed by atoms with Gasteiger partial charge in [0.2, 0.25) is 0 Å². The zero-order valence-electron chi connectivity index (χ0n) is 17.1. The van der Waals surface area contributed by atoms with E-state index in [2.05, 4.69) is 51.2 Å². The predicted octanol–water partition coefficient (Wildman–Crippen LogP) is 5.57. The van der Waals surface area contributed by atoms with Gasteiger partial charge in [0.15, 0.2) is 0 Å². The second-order valence-electron chi connectivity index (χ2n) is 7.75. The summed E-state index contributed by atoms with van der Waals surface area (Å²) < 4.78 is 0. The van der Waals surface area contributed by atoms with Crippen molar-refractivity contribution in [3.05, 3.63) is 82.5 Å². The zero-order chi connectivity index (χ0) is 20.6. The first-order chi connectivity index (χ1) is 14.8. The summed E-state index contributed by atoms with van der Waals surface area (Å²) in [5.74, 6) is 6.49. The Labute approximate surface area is 184 Å². The Kier molecular flexibility index (Phi) is 7.13. The van der Waals surface area contributed by atoms with Gasteiger partial charge in [0.1, 0.15) is 0 Å². The Morgan fingerprint density at radius 2 is 1.53 bits per heavy atom. The van der Waals surface area contributed by atoms with Gasteiger partial charge in [-0.25, -0.2) is 0 Å². The summed E-state index contributed by atoms with van der Waals surface area (Å²) in [5, 5.41) is 9.32. The number of aromatic nitrogens is 2. The van der Waals surface area contributed by atoms with Crippen LogP contribution in [-0.2, 0) is 19.4 Å². The van der Waals surface area contributed by atoms with Crippen LogP contribution in [0.2, 0.25) is 5.02 Å². The van der Waals surface area contributed by atoms with Crippen molar-refractivity contribution in [2.24, 2.45) is 0 Å². The van der Waals surface area contributed by atoms with Gasteiger partial charge in [-0.2, -0.15) is 10.2 Å². The van der Waals surface area contributed by atoms with Gasteiger partial charge in [0.25, 0.3) is 0 Å². The summed E-state index contributed by atoms with van der Waals surface area (Å²) in [6.45, 7) is 3.56. The number of likely N-dealkylation sites (tertiary alicyclic amines) is 1. The molecule has 4 heteroatoms. The van der Waals surface area contributed by atoms with Crippen molar-refractivity contribution in [1.82, 2.24) is 15.1 Å². The van der Waals surface area contributed by atoms with Crippen LogP contribution < -0.4 is 0 Å². The van der Waals surface area contributed by atoms with Gasteiger partial charge in [-0.05, 0) is 67.7 Å². The number of benzene rings is 2. The highest BCUT2D eigenvalue weighted by Crippen LogP contribution is 2.19. The number of halogens is 1. The lowest BCUT2D eigenvalue weighted by Crippen LogP contribution is -2.18. The lowest BCUT2D eigenvalue weighted by atomic mass is 10.1. The Morgan fingerprint density at radius 3 is 2.23 bits per heavy atom. The maximum absolute atomic E-state index is 5.93. The van der Waals surface area contributed by atoms with Crippen molar-refractivity contribution in [3.8, 4) is 23.1 Å². The number of hydrogen-bond acceptors (Lipinski definition) is 3. The van der Waals surface area contributed by atoms with E-state index in [0.29, 0.717) is 6.42 Å². The molecule has 1 fully saturated rings. The molecule has 0 bridgehead atoms. The first-order valence-electron chi connectivity index (χ1n) is 10.6. The maximum Gasteiger partial charge on any atom is 0.0929 e. The molecule has 1 aliphatic heterocycles. The van der Waals surface area contributed by atoms with E-state index in [0.717, 1.165) is 41.4 Å². The lowest BCUT2D eigenvalue weighted by molar-refractivity contribution is 0.331. The molecule has 0 aliphatic carbocycles. The second-order valence-corrected chi connectivity index (χ2v) is 8.18. The summed E-state index contributed by atoms with van der Waals surface area (Å²) >= 11 is 5.93. The molecule has 0 amide bonds. The molecule has 3 nitrogen and oxygen atoms in total. The van der Waals surface area contributed by atoms with E-state index in [-0.39, 0.29) is 0 Å². The van der Waals surface area contributed by atoms with E-state index in [1.54, 1.807) is 0 Å². The highest BCUT2D eigenvalue weighted by atomic mass is 35.5. The minimum atomic E-state index is 0.628. The highest BCUT2D eigenvalue weighted by molar-refractivity contribution is 6.30. The molecule has 1 aliphatic rings. The van der Waals surface area contributed by atoms with Gasteiger partial charge in [-0.1, -0.05) is 53.9 Å². The summed E-state index contributed by atoms with van der Waals surface area (Å²) in [4.78, 5) is 2.53. The van der Waals surface area contributed by atoms with E-state index >= 15 is 0 Å². The first-order valence-corrected chi connectivity index (χ1v) is 11.0. The third-order valence-corrected chi connectivity index (χ3v) is 5.67. The van der Waals surface area contributed by atoms with Crippen LogP contribution in [0.25, 0.3) is 11.3 Å². The maximum atomic E-state index is 5.93. The van der Waals surface area contributed by atoms with E-state index < -0.39 is 0 Å². The minimum absolute atomic E-state index is 0.628. The van der Waals surface area contributed by atoms with Crippen LogP contribution >= 0.6 is 11.6 Å². The molecule has 0 saturated carbocycles. The van der Waals surface area contributed by atoms with Crippen LogP contribution in [0.15, 0.2) is 60.7 Å². The van der Waals surface area contributed by atoms with Crippen molar-refractivity contribution in [2.75, 3.05) is 13.1 Å². The largest absolute Gasteiger partial charge is 0.299 e. The molecule has 0 radical (unpaired) electrons. The second kappa shape index (κ2) is 10.4. The molecule has 0 N–H and O–H groups in total. The lowest BCUT2D eigenvalue weighted by Gasteiger charge is -2.14. The summed E-state index contributed by atoms with van der Waals surface area (Å²) in [6.07, 6.45) is 5.16. The molecule has 0 atom stereocenters. The minimum Gasteiger partial charge on any atom is -0.299 e. The molecule has 4 rings (SSSR count). The van der Waals surface area contributed by atoms with Gasteiger partial charge in [-0.3, -0.25) is 4.90 Å². The summed E-state index contributed by atoms with van der Waals surface area (Å²) in [6, 6.07) is 20.6. The molecule has 152 valence electrons. The number of rotatable bonds is 6. The topological polar surface area (TPSA) is 29.0 Å². The summed E-state index contributed by atoms with van der Waals surface area (Å²) in [7, 11) is 0. The Morgan fingerprint density at radius 1 is 0.800 bits per heavy atom. The van der Waals surface area contributed by atoms with Crippen LogP contribution in [0.1, 0.15) is 36.1 Å². The van der Waals surface area contributed by atoms with E-state index in [4.69, 9.17) is 11.6 Å². The van der Waals surface area contributed by atoms with E-state index in [1.165, 1.54) is 37.1 Å². The molecule has 1 aromatic heterocycles. The fourth-order valence-corrected chi connectivity index (χ4v) is 3.81. The van der Waals surface area contributed by atoms with Crippen molar-refractivity contribution in [2.45, 2.75) is 38.6 Å². The van der Waals surface area contributed by atoms with Gasteiger partial charge in [-0.15, -0.1) is 5.92 Å². The molecule has 0 unspecified atom stereocenters. The number of hydrogen-bond donors (Lipinski definition) is 0. The van der Waals surface area contributed by atoms with Crippen LogP contribution in [0.4, 0.5) is 0 Å². The third-order valence-electron chi connectivity index (χ3n) is 5.42. The number of aryl methyl sites for hydroxylation is 1. The van der Waals surface area contributed by atoms with Crippen LogP contribution in [-0.4, -0.2) is 28.2 Å². The van der Waals surface area contributed by atoms with Crippen molar-refractivity contribution in [3.63, 3.8) is 0 Å². The molecule has 0 spiro atoms. The Hall–Kier alpha value is -2.67. The molecule has 3 aromatic rings. The Balaban J connectivity index is 1.22. The SMILES string of the molecule is Clc1ccc(-c2ccc(CC#CCCc3ccc(CN4CCCC4)cc3)nn2)cc1. The average molecular weight is 416 g/mol. The molecular weight excluding hydrogens is 390 g/mol. The van der Waals surface area contributed by atoms with Crippen LogP contribution in [0.5, 0.6) is 0 Å². The molecule has 2 aromatic carbocycles.